The number of fused-ring (bicyclic) bond motifs is 1. The van der Waals surface area contributed by atoms with Crippen LogP contribution in [-0.4, -0.2) is 12.1 Å². The van der Waals surface area contributed by atoms with Gasteiger partial charge in [0, 0.05) is 16.6 Å². The van der Waals surface area contributed by atoms with Crippen molar-refractivity contribution in [1.82, 2.24) is 5.32 Å². The molecule has 0 aliphatic heterocycles. The van der Waals surface area contributed by atoms with Crippen molar-refractivity contribution in [2.24, 2.45) is 5.92 Å². The predicted octanol–water partition coefficient (Wildman–Crippen LogP) is 5.25. The molecule has 2 aliphatic carbocycles. The number of aryl methyl sites for hydroxylation is 1. The van der Waals surface area contributed by atoms with Crippen LogP contribution in [0, 0.1) is 5.92 Å². The molecule has 116 valence electrons. The summed E-state index contributed by atoms with van der Waals surface area (Å²) in [6.07, 6.45) is 12.4. The molecule has 1 aromatic rings. The summed E-state index contributed by atoms with van der Waals surface area (Å²) >= 11 is 3.59. The summed E-state index contributed by atoms with van der Waals surface area (Å²) in [7, 11) is 0. The van der Waals surface area contributed by atoms with Gasteiger partial charge in [-0.15, -0.1) is 0 Å². The van der Waals surface area contributed by atoms with Crippen molar-refractivity contribution in [3.05, 3.63) is 33.8 Å². The highest BCUT2D eigenvalue weighted by Gasteiger charge is 2.24. The van der Waals surface area contributed by atoms with Crippen molar-refractivity contribution < 1.29 is 0 Å². The Labute approximate surface area is 138 Å². The number of hydrogen-bond acceptors (Lipinski definition) is 1. The SMILES string of the molecule is C[C@H](NC1CCc2cc(Br)ccc2C1)C1CCCCCC1. The first-order valence-electron chi connectivity index (χ1n) is 8.76. The second-order valence-corrected chi connectivity index (χ2v) is 7.98. The average molecular weight is 350 g/mol. The van der Waals surface area contributed by atoms with Crippen LogP contribution in [0.1, 0.15) is 63.0 Å². The second kappa shape index (κ2) is 7.28. The van der Waals surface area contributed by atoms with E-state index in [-0.39, 0.29) is 0 Å². The molecule has 1 fully saturated rings. The standard InChI is InChI=1S/C19H28BrN/c1-14(15-6-4-2-3-5-7-15)21-19-11-9-16-12-18(20)10-8-17(16)13-19/h8,10,12,14-15,19,21H,2-7,9,11,13H2,1H3/t14-,19?/m0/s1. The summed E-state index contributed by atoms with van der Waals surface area (Å²) in [5, 5.41) is 3.96. The molecule has 0 amide bonds. The van der Waals surface area contributed by atoms with Gasteiger partial charge >= 0.3 is 0 Å². The van der Waals surface area contributed by atoms with Crippen LogP contribution >= 0.6 is 15.9 Å². The zero-order valence-corrected chi connectivity index (χ0v) is 14.8. The van der Waals surface area contributed by atoms with Gasteiger partial charge in [-0.2, -0.15) is 0 Å². The molecular weight excluding hydrogens is 322 g/mol. The third-order valence-corrected chi connectivity index (χ3v) is 6.00. The van der Waals surface area contributed by atoms with E-state index in [1.807, 2.05) is 0 Å². The molecule has 0 heterocycles. The lowest BCUT2D eigenvalue weighted by molar-refractivity contribution is 0.296. The fourth-order valence-electron chi connectivity index (χ4n) is 4.18. The highest BCUT2D eigenvalue weighted by atomic mass is 79.9. The molecule has 2 atom stereocenters. The molecule has 21 heavy (non-hydrogen) atoms. The van der Waals surface area contributed by atoms with Gasteiger partial charge in [0.05, 0.1) is 0 Å². The van der Waals surface area contributed by atoms with Crippen LogP contribution in [0.25, 0.3) is 0 Å². The van der Waals surface area contributed by atoms with E-state index in [1.54, 1.807) is 11.1 Å². The fraction of sp³-hybridized carbons (Fsp3) is 0.684. The minimum absolute atomic E-state index is 0.678. The lowest BCUT2D eigenvalue weighted by Crippen LogP contribution is -2.43. The first kappa shape index (κ1) is 15.6. The Morgan fingerprint density at radius 1 is 1.05 bits per heavy atom. The highest BCUT2D eigenvalue weighted by molar-refractivity contribution is 9.10. The first-order valence-corrected chi connectivity index (χ1v) is 9.55. The monoisotopic (exact) mass is 349 g/mol. The Morgan fingerprint density at radius 3 is 2.57 bits per heavy atom. The summed E-state index contributed by atoms with van der Waals surface area (Å²) in [6.45, 7) is 2.42. The van der Waals surface area contributed by atoms with E-state index in [2.05, 4.69) is 46.4 Å². The molecule has 0 saturated heterocycles. The van der Waals surface area contributed by atoms with Crippen molar-refractivity contribution in [3.63, 3.8) is 0 Å². The van der Waals surface area contributed by atoms with Gasteiger partial charge in [-0.1, -0.05) is 47.7 Å². The maximum Gasteiger partial charge on any atom is 0.0178 e. The summed E-state index contributed by atoms with van der Waals surface area (Å²) in [4.78, 5) is 0. The largest absolute Gasteiger partial charge is 0.311 e. The minimum Gasteiger partial charge on any atom is -0.311 e. The van der Waals surface area contributed by atoms with Crippen molar-refractivity contribution in [2.75, 3.05) is 0 Å². The lowest BCUT2D eigenvalue weighted by Gasteiger charge is -2.32. The minimum atomic E-state index is 0.678. The average Bonchev–Trinajstić information content (AvgIpc) is 2.76. The predicted molar refractivity (Wildman–Crippen MR) is 93.7 cm³/mol. The van der Waals surface area contributed by atoms with Crippen molar-refractivity contribution in [1.29, 1.82) is 0 Å². The summed E-state index contributed by atoms with van der Waals surface area (Å²) in [5.41, 5.74) is 3.10. The Bertz CT molecular complexity index is 463. The van der Waals surface area contributed by atoms with E-state index in [0.29, 0.717) is 12.1 Å². The number of benzene rings is 1. The molecule has 1 nitrogen and oxygen atoms in total. The normalized spacial score (nSPS) is 25.1. The first-order chi connectivity index (χ1) is 10.2. The van der Waals surface area contributed by atoms with Crippen LogP contribution in [0.3, 0.4) is 0 Å². The van der Waals surface area contributed by atoms with Crippen LogP contribution in [0.5, 0.6) is 0 Å². The van der Waals surface area contributed by atoms with Crippen molar-refractivity contribution >= 4 is 15.9 Å². The maximum atomic E-state index is 3.96. The van der Waals surface area contributed by atoms with E-state index in [9.17, 15) is 0 Å². The quantitative estimate of drug-likeness (QED) is 0.734. The molecule has 1 N–H and O–H groups in total. The molecule has 1 aromatic carbocycles. The summed E-state index contributed by atoms with van der Waals surface area (Å²) < 4.78 is 1.22. The van der Waals surface area contributed by atoms with Gasteiger partial charge < -0.3 is 5.32 Å². The molecular formula is C19H28BrN. The van der Waals surface area contributed by atoms with Crippen LogP contribution in [0.4, 0.5) is 0 Å². The smallest absolute Gasteiger partial charge is 0.0178 e. The molecule has 0 spiro atoms. The zero-order chi connectivity index (χ0) is 14.7. The third kappa shape index (κ3) is 4.10. The Hall–Kier alpha value is -0.340. The van der Waals surface area contributed by atoms with Crippen molar-refractivity contribution in [2.45, 2.75) is 76.8 Å². The fourth-order valence-corrected chi connectivity index (χ4v) is 4.59. The van der Waals surface area contributed by atoms with E-state index in [4.69, 9.17) is 0 Å². The number of halogens is 1. The van der Waals surface area contributed by atoms with Gasteiger partial charge in [0.15, 0.2) is 0 Å². The van der Waals surface area contributed by atoms with Gasteiger partial charge in [-0.05, 0) is 68.2 Å². The summed E-state index contributed by atoms with van der Waals surface area (Å²) in [6, 6.07) is 8.17. The molecule has 2 aliphatic rings. The molecule has 2 heteroatoms. The number of rotatable bonds is 3. The molecule has 3 rings (SSSR count). The van der Waals surface area contributed by atoms with Crippen LogP contribution in [-0.2, 0) is 12.8 Å². The van der Waals surface area contributed by atoms with Gasteiger partial charge in [0.1, 0.15) is 0 Å². The van der Waals surface area contributed by atoms with Crippen LogP contribution in [0.2, 0.25) is 0 Å². The van der Waals surface area contributed by atoms with Gasteiger partial charge in [-0.3, -0.25) is 0 Å². The number of nitrogens with one attached hydrogen (secondary N) is 1. The zero-order valence-electron chi connectivity index (χ0n) is 13.2. The van der Waals surface area contributed by atoms with Gasteiger partial charge in [0.2, 0.25) is 0 Å². The Balaban J connectivity index is 1.57. The Morgan fingerprint density at radius 2 is 1.81 bits per heavy atom. The van der Waals surface area contributed by atoms with Crippen LogP contribution in [0.15, 0.2) is 22.7 Å². The molecule has 1 saturated carbocycles. The van der Waals surface area contributed by atoms with E-state index < -0.39 is 0 Å². The highest BCUT2D eigenvalue weighted by Crippen LogP contribution is 2.28. The summed E-state index contributed by atoms with van der Waals surface area (Å²) in [5.74, 6) is 0.902. The van der Waals surface area contributed by atoms with E-state index >= 15 is 0 Å². The molecule has 0 radical (unpaired) electrons. The topological polar surface area (TPSA) is 12.0 Å². The third-order valence-electron chi connectivity index (χ3n) is 5.50. The lowest BCUT2D eigenvalue weighted by atomic mass is 9.86. The van der Waals surface area contributed by atoms with Gasteiger partial charge in [-0.25, -0.2) is 0 Å². The second-order valence-electron chi connectivity index (χ2n) is 7.06. The number of hydrogen-bond donors (Lipinski definition) is 1. The van der Waals surface area contributed by atoms with E-state index in [1.165, 1.54) is 62.3 Å². The van der Waals surface area contributed by atoms with E-state index in [0.717, 1.165) is 5.92 Å². The van der Waals surface area contributed by atoms with Gasteiger partial charge in [0.25, 0.3) is 0 Å². The maximum absolute atomic E-state index is 3.96. The molecule has 0 aromatic heterocycles. The molecule has 0 bridgehead atoms. The molecule has 1 unspecified atom stereocenters. The Kier molecular flexibility index (Phi) is 5.39. The van der Waals surface area contributed by atoms with Crippen molar-refractivity contribution in [3.8, 4) is 0 Å². The van der Waals surface area contributed by atoms with Crippen LogP contribution < -0.4 is 5.32 Å².